The summed E-state index contributed by atoms with van der Waals surface area (Å²) in [5.41, 5.74) is 0.686. The maximum Gasteiger partial charge on any atom is 0.306 e. The first kappa shape index (κ1) is 15.1. The number of halogens is 1. The molecule has 1 aromatic rings. The van der Waals surface area contributed by atoms with Gasteiger partial charge in [-0.25, -0.2) is 4.39 Å². The molecule has 6 heteroatoms. The molecule has 104 valence electrons. The van der Waals surface area contributed by atoms with E-state index in [9.17, 15) is 14.0 Å². The predicted molar refractivity (Wildman–Crippen MR) is 66.2 cm³/mol. The molecule has 0 aromatic heterocycles. The van der Waals surface area contributed by atoms with Gasteiger partial charge in [-0.3, -0.25) is 9.59 Å². The van der Waals surface area contributed by atoms with Crippen LogP contribution in [0.15, 0.2) is 24.3 Å². The molecule has 5 nitrogen and oxygen atoms in total. The Hall–Kier alpha value is -1.95. The van der Waals surface area contributed by atoms with E-state index in [4.69, 9.17) is 9.84 Å². The molecule has 0 radical (unpaired) electrons. The number of carboxylic acid groups (broad SMARTS) is 1. The average molecular weight is 269 g/mol. The Bertz CT molecular complexity index is 433. The zero-order valence-electron chi connectivity index (χ0n) is 10.6. The molecule has 1 unspecified atom stereocenters. The number of hydrogen-bond acceptors (Lipinski definition) is 3. The van der Waals surface area contributed by atoms with Gasteiger partial charge in [-0.05, 0) is 17.7 Å². The van der Waals surface area contributed by atoms with Gasteiger partial charge in [0.1, 0.15) is 5.82 Å². The van der Waals surface area contributed by atoms with Crippen LogP contribution in [-0.4, -0.2) is 36.7 Å². The number of aliphatic carboxylic acids is 1. The maximum atomic E-state index is 12.7. The highest BCUT2D eigenvalue weighted by molar-refractivity contribution is 5.78. The van der Waals surface area contributed by atoms with E-state index in [2.05, 4.69) is 5.32 Å². The number of carbonyl (C=O) groups excluding carboxylic acids is 1. The molecular formula is C13H16FNO4. The van der Waals surface area contributed by atoms with Gasteiger partial charge in [0, 0.05) is 13.7 Å². The molecule has 0 heterocycles. The van der Waals surface area contributed by atoms with Crippen LogP contribution in [0.3, 0.4) is 0 Å². The molecule has 0 aliphatic carbocycles. The quantitative estimate of drug-likeness (QED) is 0.773. The fraction of sp³-hybridized carbons (Fsp3) is 0.385. The highest BCUT2D eigenvalue weighted by atomic mass is 19.1. The highest BCUT2D eigenvalue weighted by Crippen LogP contribution is 2.03. The minimum absolute atomic E-state index is 0.115. The lowest BCUT2D eigenvalue weighted by Gasteiger charge is -2.13. The van der Waals surface area contributed by atoms with Crippen molar-refractivity contribution in [1.29, 1.82) is 0 Å². The number of carboxylic acids is 1. The van der Waals surface area contributed by atoms with Gasteiger partial charge in [-0.1, -0.05) is 12.1 Å². The smallest absolute Gasteiger partial charge is 0.306 e. The average Bonchev–Trinajstić information content (AvgIpc) is 2.37. The fourth-order valence-corrected chi connectivity index (χ4v) is 1.51. The molecule has 1 rings (SSSR count). The van der Waals surface area contributed by atoms with Crippen molar-refractivity contribution in [3.63, 3.8) is 0 Å². The molecule has 1 amide bonds. The Morgan fingerprint density at radius 3 is 2.53 bits per heavy atom. The van der Waals surface area contributed by atoms with Crippen molar-refractivity contribution in [2.45, 2.75) is 18.9 Å². The van der Waals surface area contributed by atoms with Crippen molar-refractivity contribution in [3.8, 4) is 0 Å². The third-order valence-corrected chi connectivity index (χ3v) is 2.54. The molecule has 0 aliphatic rings. The van der Waals surface area contributed by atoms with Gasteiger partial charge in [0.05, 0.1) is 18.9 Å². The second-order valence-electron chi connectivity index (χ2n) is 4.06. The highest BCUT2D eigenvalue weighted by Gasteiger charge is 2.13. The zero-order valence-corrected chi connectivity index (χ0v) is 10.6. The summed E-state index contributed by atoms with van der Waals surface area (Å²) < 4.78 is 17.6. The van der Waals surface area contributed by atoms with Gasteiger partial charge in [-0.2, -0.15) is 0 Å². The van der Waals surface area contributed by atoms with Crippen LogP contribution in [-0.2, 0) is 20.7 Å². The predicted octanol–water partition coefficient (Wildman–Crippen LogP) is 0.974. The molecule has 0 bridgehead atoms. The lowest BCUT2D eigenvalue weighted by Crippen LogP contribution is -2.35. The number of nitrogens with one attached hydrogen (secondary N) is 1. The van der Waals surface area contributed by atoms with Crippen LogP contribution in [0.1, 0.15) is 12.0 Å². The van der Waals surface area contributed by atoms with E-state index < -0.39 is 12.1 Å². The van der Waals surface area contributed by atoms with Crippen molar-refractivity contribution >= 4 is 11.9 Å². The first-order chi connectivity index (χ1) is 9.01. The monoisotopic (exact) mass is 269 g/mol. The number of hydrogen-bond donors (Lipinski definition) is 2. The van der Waals surface area contributed by atoms with Gasteiger partial charge in [0.25, 0.3) is 0 Å². The van der Waals surface area contributed by atoms with Crippen molar-refractivity contribution in [1.82, 2.24) is 5.32 Å². The topological polar surface area (TPSA) is 75.6 Å². The molecular weight excluding hydrogens is 253 g/mol. The van der Waals surface area contributed by atoms with E-state index >= 15 is 0 Å². The van der Waals surface area contributed by atoms with E-state index in [1.807, 2.05) is 0 Å². The minimum Gasteiger partial charge on any atom is -0.481 e. The Morgan fingerprint density at radius 1 is 1.37 bits per heavy atom. The summed E-state index contributed by atoms with van der Waals surface area (Å²) in [5, 5.41) is 11.2. The Labute approximate surface area is 110 Å². The van der Waals surface area contributed by atoms with Crippen molar-refractivity contribution in [2.75, 3.05) is 13.7 Å². The van der Waals surface area contributed by atoms with E-state index in [-0.39, 0.29) is 31.1 Å². The van der Waals surface area contributed by atoms with E-state index in [1.165, 1.54) is 31.4 Å². The first-order valence-corrected chi connectivity index (χ1v) is 5.77. The molecule has 0 fully saturated rings. The van der Waals surface area contributed by atoms with Crippen LogP contribution in [0, 0.1) is 5.82 Å². The number of benzene rings is 1. The van der Waals surface area contributed by atoms with E-state index in [1.54, 1.807) is 0 Å². The first-order valence-electron chi connectivity index (χ1n) is 5.77. The second-order valence-corrected chi connectivity index (χ2v) is 4.06. The SMILES string of the molecule is COC(CNC(=O)Cc1ccc(F)cc1)CC(=O)O. The lowest BCUT2D eigenvalue weighted by molar-refractivity contribution is -0.140. The number of ether oxygens (including phenoxy) is 1. The molecule has 2 N–H and O–H groups in total. The number of methoxy groups -OCH3 is 1. The van der Waals surface area contributed by atoms with Crippen LogP contribution >= 0.6 is 0 Å². The number of rotatable bonds is 7. The molecule has 0 spiro atoms. The van der Waals surface area contributed by atoms with Crippen molar-refractivity contribution < 1.29 is 23.8 Å². The number of amides is 1. The molecule has 1 aromatic carbocycles. The standard InChI is InChI=1S/C13H16FNO4/c1-19-11(7-13(17)18)8-15-12(16)6-9-2-4-10(14)5-3-9/h2-5,11H,6-8H2,1H3,(H,15,16)(H,17,18). The Morgan fingerprint density at radius 2 is 2.00 bits per heavy atom. The second kappa shape index (κ2) is 7.48. The van der Waals surface area contributed by atoms with Crippen LogP contribution in [0.25, 0.3) is 0 Å². The lowest BCUT2D eigenvalue weighted by atomic mass is 10.1. The molecule has 0 aliphatic heterocycles. The molecule has 1 atom stereocenters. The van der Waals surface area contributed by atoms with Gasteiger partial charge in [0.15, 0.2) is 0 Å². The normalized spacial score (nSPS) is 11.9. The third kappa shape index (κ3) is 5.96. The molecule has 0 saturated heterocycles. The van der Waals surface area contributed by atoms with E-state index in [0.717, 1.165) is 0 Å². The van der Waals surface area contributed by atoms with E-state index in [0.29, 0.717) is 5.56 Å². The largest absolute Gasteiger partial charge is 0.481 e. The summed E-state index contributed by atoms with van der Waals surface area (Å²) in [7, 11) is 1.39. The third-order valence-electron chi connectivity index (χ3n) is 2.54. The summed E-state index contributed by atoms with van der Waals surface area (Å²) in [6.07, 6.45) is -0.619. The van der Waals surface area contributed by atoms with Gasteiger partial charge >= 0.3 is 5.97 Å². The van der Waals surface area contributed by atoms with Gasteiger partial charge in [-0.15, -0.1) is 0 Å². The molecule has 0 saturated carbocycles. The maximum absolute atomic E-state index is 12.7. The van der Waals surface area contributed by atoms with Gasteiger partial charge in [0.2, 0.25) is 5.91 Å². The summed E-state index contributed by atoms with van der Waals surface area (Å²) in [6.45, 7) is 0.128. The fourth-order valence-electron chi connectivity index (χ4n) is 1.51. The van der Waals surface area contributed by atoms with Crippen molar-refractivity contribution in [3.05, 3.63) is 35.6 Å². The zero-order chi connectivity index (χ0) is 14.3. The van der Waals surface area contributed by atoms with Crippen molar-refractivity contribution in [2.24, 2.45) is 0 Å². The summed E-state index contributed by atoms with van der Waals surface area (Å²) >= 11 is 0. The van der Waals surface area contributed by atoms with Crippen LogP contribution in [0.5, 0.6) is 0 Å². The minimum atomic E-state index is -0.986. The van der Waals surface area contributed by atoms with Crippen LogP contribution in [0.2, 0.25) is 0 Å². The summed E-state index contributed by atoms with van der Waals surface area (Å²) in [6, 6.07) is 5.62. The molecule has 19 heavy (non-hydrogen) atoms. The summed E-state index contributed by atoms with van der Waals surface area (Å²) in [4.78, 5) is 22.1. The summed E-state index contributed by atoms with van der Waals surface area (Å²) in [5.74, 6) is -1.61. The van der Waals surface area contributed by atoms with Gasteiger partial charge < -0.3 is 15.2 Å². The number of carbonyl (C=O) groups is 2. The van der Waals surface area contributed by atoms with Crippen LogP contribution < -0.4 is 5.32 Å². The Balaban J connectivity index is 2.38. The van der Waals surface area contributed by atoms with Crippen LogP contribution in [0.4, 0.5) is 4.39 Å². The Kier molecular flexibility index (Phi) is 5.95.